The first-order chi connectivity index (χ1) is 9.58. The van der Waals surface area contributed by atoms with Crippen molar-refractivity contribution in [2.45, 2.75) is 25.7 Å². The number of aliphatic carboxylic acids is 1. The summed E-state index contributed by atoms with van der Waals surface area (Å²) in [5.41, 5.74) is 0.870. The third-order valence-corrected chi connectivity index (χ3v) is 2.88. The maximum atomic E-state index is 11.5. The van der Waals surface area contributed by atoms with Crippen LogP contribution in [0.3, 0.4) is 0 Å². The highest BCUT2D eigenvalue weighted by molar-refractivity contribution is 6.30. The second kappa shape index (κ2) is 9.15. The number of carboxylic acids is 1. The molecule has 2 N–H and O–H groups in total. The minimum absolute atomic E-state index is 0.164. The lowest BCUT2D eigenvalue weighted by atomic mass is 10.2. The third-order valence-electron chi connectivity index (χ3n) is 2.64. The number of hydrogen-bond acceptors (Lipinski definition) is 2. The number of unbranched alkanes of at least 4 members (excludes halogenated alkanes) is 2. The molecule has 0 atom stereocenters. The molecular weight excluding hydrogens is 278 g/mol. The van der Waals surface area contributed by atoms with E-state index in [-0.39, 0.29) is 12.3 Å². The van der Waals surface area contributed by atoms with Gasteiger partial charge in [0.1, 0.15) is 0 Å². The molecule has 1 aromatic rings. The quantitative estimate of drug-likeness (QED) is 0.572. The van der Waals surface area contributed by atoms with Crippen LogP contribution < -0.4 is 5.32 Å². The van der Waals surface area contributed by atoms with E-state index in [1.165, 1.54) is 6.08 Å². The number of carbonyl (C=O) groups excluding carboxylic acids is 1. The lowest BCUT2D eigenvalue weighted by molar-refractivity contribution is -0.137. The Kier molecular flexibility index (Phi) is 7.43. The van der Waals surface area contributed by atoms with E-state index in [0.29, 0.717) is 18.0 Å². The van der Waals surface area contributed by atoms with E-state index >= 15 is 0 Å². The first-order valence-corrected chi connectivity index (χ1v) is 6.89. The Bertz CT molecular complexity index is 486. The molecule has 1 rings (SSSR count). The lowest BCUT2D eigenvalue weighted by Crippen LogP contribution is -2.22. The summed E-state index contributed by atoms with van der Waals surface area (Å²) < 4.78 is 0. The molecule has 0 saturated carbocycles. The average molecular weight is 296 g/mol. The van der Waals surface area contributed by atoms with E-state index in [4.69, 9.17) is 16.7 Å². The minimum Gasteiger partial charge on any atom is -0.481 e. The van der Waals surface area contributed by atoms with Crippen molar-refractivity contribution < 1.29 is 14.7 Å². The van der Waals surface area contributed by atoms with Crippen LogP contribution in [0.25, 0.3) is 6.08 Å². The van der Waals surface area contributed by atoms with Gasteiger partial charge in [0.2, 0.25) is 5.91 Å². The molecular formula is C15H18ClNO3. The summed E-state index contributed by atoms with van der Waals surface area (Å²) in [5, 5.41) is 11.8. The van der Waals surface area contributed by atoms with Crippen molar-refractivity contribution in [1.29, 1.82) is 0 Å². The molecule has 1 amide bonds. The van der Waals surface area contributed by atoms with Gasteiger partial charge in [-0.3, -0.25) is 9.59 Å². The predicted octanol–water partition coefficient (Wildman–Crippen LogP) is 3.11. The van der Waals surface area contributed by atoms with E-state index in [9.17, 15) is 9.59 Å². The van der Waals surface area contributed by atoms with Crippen molar-refractivity contribution in [2.24, 2.45) is 0 Å². The van der Waals surface area contributed by atoms with Crippen LogP contribution in [0.1, 0.15) is 31.2 Å². The molecule has 1 aromatic carbocycles. The van der Waals surface area contributed by atoms with Crippen LogP contribution >= 0.6 is 11.6 Å². The van der Waals surface area contributed by atoms with Gasteiger partial charge in [-0.1, -0.05) is 30.2 Å². The molecule has 0 unspecified atom stereocenters. The zero-order valence-corrected chi connectivity index (χ0v) is 11.9. The number of hydrogen-bond donors (Lipinski definition) is 2. The second-order valence-corrected chi connectivity index (χ2v) is 4.82. The molecule has 0 aliphatic carbocycles. The molecule has 0 radical (unpaired) electrons. The third kappa shape index (κ3) is 7.59. The van der Waals surface area contributed by atoms with Gasteiger partial charge in [0.15, 0.2) is 0 Å². The van der Waals surface area contributed by atoms with Gasteiger partial charge in [-0.2, -0.15) is 0 Å². The highest BCUT2D eigenvalue weighted by atomic mass is 35.5. The minimum atomic E-state index is -0.779. The number of carbonyl (C=O) groups is 2. The Labute approximate surface area is 123 Å². The highest BCUT2D eigenvalue weighted by Gasteiger charge is 1.98. The first kappa shape index (κ1) is 16.2. The number of halogens is 1. The predicted molar refractivity (Wildman–Crippen MR) is 79.6 cm³/mol. The van der Waals surface area contributed by atoms with Gasteiger partial charge in [-0.05, 0) is 36.6 Å². The fourth-order valence-corrected chi connectivity index (χ4v) is 1.83. The molecule has 0 aliphatic rings. The van der Waals surface area contributed by atoms with E-state index in [1.807, 2.05) is 12.1 Å². The van der Waals surface area contributed by atoms with Gasteiger partial charge in [-0.15, -0.1) is 0 Å². The maximum absolute atomic E-state index is 11.5. The van der Waals surface area contributed by atoms with Crippen LogP contribution in [0.15, 0.2) is 30.3 Å². The number of nitrogens with one attached hydrogen (secondary N) is 1. The van der Waals surface area contributed by atoms with Crippen LogP contribution in [0, 0.1) is 0 Å². The summed E-state index contributed by atoms with van der Waals surface area (Å²) in [6, 6.07) is 7.23. The smallest absolute Gasteiger partial charge is 0.303 e. The van der Waals surface area contributed by atoms with Gasteiger partial charge >= 0.3 is 5.97 Å². The van der Waals surface area contributed by atoms with Crippen LogP contribution in [-0.4, -0.2) is 23.5 Å². The molecule has 0 heterocycles. The summed E-state index contributed by atoms with van der Waals surface area (Å²) in [7, 11) is 0. The summed E-state index contributed by atoms with van der Waals surface area (Å²) in [4.78, 5) is 21.8. The molecule has 0 saturated heterocycles. The summed E-state index contributed by atoms with van der Waals surface area (Å²) in [6.45, 7) is 0.554. The lowest BCUT2D eigenvalue weighted by Gasteiger charge is -2.01. The molecule has 108 valence electrons. The Balaban J connectivity index is 2.18. The zero-order chi connectivity index (χ0) is 14.8. The van der Waals surface area contributed by atoms with Crippen molar-refractivity contribution >= 4 is 29.6 Å². The van der Waals surface area contributed by atoms with E-state index in [0.717, 1.165) is 18.4 Å². The topological polar surface area (TPSA) is 66.4 Å². The number of rotatable bonds is 8. The Morgan fingerprint density at radius 3 is 2.75 bits per heavy atom. The first-order valence-electron chi connectivity index (χ1n) is 6.51. The number of benzene rings is 1. The largest absolute Gasteiger partial charge is 0.481 e. The van der Waals surface area contributed by atoms with Crippen LogP contribution in [0.5, 0.6) is 0 Å². The number of amides is 1. The molecule has 20 heavy (non-hydrogen) atoms. The summed E-state index contributed by atoms with van der Waals surface area (Å²) >= 11 is 5.84. The Morgan fingerprint density at radius 1 is 1.25 bits per heavy atom. The van der Waals surface area contributed by atoms with E-state index < -0.39 is 5.97 Å². The Morgan fingerprint density at radius 2 is 2.05 bits per heavy atom. The normalized spacial score (nSPS) is 10.7. The SMILES string of the molecule is O=C(O)CCCCCNC(=O)/C=C/c1cccc(Cl)c1. The molecule has 4 nitrogen and oxygen atoms in total. The van der Waals surface area contributed by atoms with Gasteiger partial charge in [0.05, 0.1) is 0 Å². The van der Waals surface area contributed by atoms with Crippen molar-refractivity contribution in [2.75, 3.05) is 6.54 Å². The van der Waals surface area contributed by atoms with E-state index in [2.05, 4.69) is 5.32 Å². The fourth-order valence-electron chi connectivity index (χ4n) is 1.63. The standard InChI is InChI=1S/C15H18ClNO3/c16-13-6-4-5-12(11-13)8-9-14(18)17-10-3-1-2-7-15(19)20/h4-6,8-9,11H,1-3,7,10H2,(H,17,18)(H,19,20)/b9-8+. The molecule has 0 fully saturated rings. The van der Waals surface area contributed by atoms with Gasteiger partial charge in [-0.25, -0.2) is 0 Å². The van der Waals surface area contributed by atoms with Gasteiger partial charge < -0.3 is 10.4 Å². The van der Waals surface area contributed by atoms with Crippen molar-refractivity contribution in [1.82, 2.24) is 5.32 Å². The Hall–Kier alpha value is -1.81. The monoisotopic (exact) mass is 295 g/mol. The van der Waals surface area contributed by atoms with Gasteiger partial charge in [0, 0.05) is 24.1 Å². The second-order valence-electron chi connectivity index (χ2n) is 4.38. The van der Waals surface area contributed by atoms with Crippen molar-refractivity contribution in [3.8, 4) is 0 Å². The average Bonchev–Trinajstić information content (AvgIpc) is 2.40. The molecule has 5 heteroatoms. The van der Waals surface area contributed by atoms with Crippen molar-refractivity contribution in [3.05, 3.63) is 40.9 Å². The van der Waals surface area contributed by atoms with Crippen LogP contribution in [-0.2, 0) is 9.59 Å². The van der Waals surface area contributed by atoms with Crippen LogP contribution in [0.2, 0.25) is 5.02 Å². The fraction of sp³-hybridized carbons (Fsp3) is 0.333. The molecule has 0 spiro atoms. The summed E-state index contributed by atoms with van der Waals surface area (Å²) in [5.74, 6) is -0.943. The number of carboxylic acid groups (broad SMARTS) is 1. The molecule has 0 bridgehead atoms. The maximum Gasteiger partial charge on any atom is 0.303 e. The zero-order valence-electron chi connectivity index (χ0n) is 11.1. The van der Waals surface area contributed by atoms with Crippen molar-refractivity contribution in [3.63, 3.8) is 0 Å². The highest BCUT2D eigenvalue weighted by Crippen LogP contribution is 2.11. The molecule has 0 aliphatic heterocycles. The van der Waals surface area contributed by atoms with E-state index in [1.54, 1.807) is 18.2 Å². The van der Waals surface area contributed by atoms with Crippen LogP contribution in [0.4, 0.5) is 0 Å². The van der Waals surface area contributed by atoms with Gasteiger partial charge in [0.25, 0.3) is 0 Å². The molecule has 0 aromatic heterocycles. The summed E-state index contributed by atoms with van der Waals surface area (Å²) in [6.07, 6.45) is 5.56.